The van der Waals surface area contributed by atoms with Crippen LogP contribution in [0.3, 0.4) is 0 Å². The molecule has 0 aromatic carbocycles. The van der Waals surface area contributed by atoms with Gasteiger partial charge in [-0.2, -0.15) is 0 Å². The third-order valence-corrected chi connectivity index (χ3v) is 3.69. The second-order valence-corrected chi connectivity index (χ2v) is 6.34. The van der Waals surface area contributed by atoms with Gasteiger partial charge in [-0.25, -0.2) is 13.4 Å². The summed E-state index contributed by atoms with van der Waals surface area (Å²) in [6.45, 7) is 0. The molecule has 0 spiro atoms. The van der Waals surface area contributed by atoms with E-state index in [0.29, 0.717) is 5.69 Å². The monoisotopic (exact) mass is 311 g/mol. The van der Waals surface area contributed by atoms with E-state index >= 15 is 0 Å². The van der Waals surface area contributed by atoms with Crippen molar-refractivity contribution in [3.8, 4) is 0 Å². The normalized spacial score (nSPS) is 11.1. The SMILES string of the molecule is CS(=O)(=O)c1ccc(NC(=O)c2ccncc2Cl)cn1. The average molecular weight is 312 g/mol. The van der Waals surface area contributed by atoms with Crippen LogP contribution in [-0.2, 0) is 9.84 Å². The molecule has 104 valence electrons. The van der Waals surface area contributed by atoms with Gasteiger partial charge in [-0.1, -0.05) is 11.6 Å². The molecule has 0 aliphatic carbocycles. The number of halogens is 1. The highest BCUT2D eigenvalue weighted by atomic mass is 35.5. The lowest BCUT2D eigenvalue weighted by atomic mass is 10.2. The number of hydrogen-bond donors (Lipinski definition) is 1. The van der Waals surface area contributed by atoms with E-state index in [2.05, 4.69) is 15.3 Å². The number of amides is 1. The van der Waals surface area contributed by atoms with Crippen LogP contribution in [0.1, 0.15) is 10.4 Å². The average Bonchev–Trinajstić information content (AvgIpc) is 2.38. The van der Waals surface area contributed by atoms with Crippen molar-refractivity contribution in [2.45, 2.75) is 5.03 Å². The smallest absolute Gasteiger partial charge is 0.257 e. The van der Waals surface area contributed by atoms with Crippen molar-refractivity contribution in [1.29, 1.82) is 0 Å². The van der Waals surface area contributed by atoms with Gasteiger partial charge >= 0.3 is 0 Å². The Labute approximate surface area is 120 Å². The van der Waals surface area contributed by atoms with Crippen molar-refractivity contribution in [3.05, 3.63) is 47.4 Å². The van der Waals surface area contributed by atoms with Gasteiger partial charge in [-0.15, -0.1) is 0 Å². The first-order valence-corrected chi connectivity index (χ1v) is 7.72. The van der Waals surface area contributed by atoms with Crippen LogP contribution in [-0.4, -0.2) is 30.5 Å². The van der Waals surface area contributed by atoms with Crippen LogP contribution in [0.15, 0.2) is 41.8 Å². The molecule has 6 nitrogen and oxygen atoms in total. The molecule has 20 heavy (non-hydrogen) atoms. The van der Waals surface area contributed by atoms with Crippen molar-refractivity contribution in [1.82, 2.24) is 9.97 Å². The lowest BCUT2D eigenvalue weighted by Gasteiger charge is -2.06. The predicted molar refractivity (Wildman–Crippen MR) is 74.5 cm³/mol. The van der Waals surface area contributed by atoms with E-state index in [1.54, 1.807) is 0 Å². The molecule has 0 unspecified atom stereocenters. The van der Waals surface area contributed by atoms with E-state index in [1.807, 2.05) is 0 Å². The molecule has 0 atom stereocenters. The van der Waals surface area contributed by atoms with Crippen LogP contribution in [0.25, 0.3) is 0 Å². The van der Waals surface area contributed by atoms with E-state index in [-0.39, 0.29) is 15.6 Å². The molecular weight excluding hydrogens is 302 g/mol. The largest absolute Gasteiger partial charge is 0.321 e. The zero-order valence-electron chi connectivity index (χ0n) is 10.4. The summed E-state index contributed by atoms with van der Waals surface area (Å²) in [6, 6.07) is 4.26. The number of aromatic nitrogens is 2. The lowest BCUT2D eigenvalue weighted by molar-refractivity contribution is 0.102. The number of rotatable bonds is 3. The minimum Gasteiger partial charge on any atom is -0.321 e. The Hall–Kier alpha value is -1.99. The molecule has 0 aliphatic rings. The summed E-state index contributed by atoms with van der Waals surface area (Å²) in [5.41, 5.74) is 0.643. The fourth-order valence-electron chi connectivity index (χ4n) is 1.43. The summed E-state index contributed by atoms with van der Waals surface area (Å²) in [6.07, 6.45) is 5.14. The van der Waals surface area contributed by atoms with Crippen LogP contribution < -0.4 is 5.32 Å². The molecule has 1 amide bonds. The Morgan fingerprint density at radius 1 is 1.25 bits per heavy atom. The van der Waals surface area contributed by atoms with E-state index in [9.17, 15) is 13.2 Å². The number of nitrogens with zero attached hydrogens (tertiary/aromatic N) is 2. The zero-order chi connectivity index (χ0) is 14.8. The minimum absolute atomic E-state index is 0.0579. The summed E-state index contributed by atoms with van der Waals surface area (Å²) in [4.78, 5) is 19.5. The second kappa shape index (κ2) is 5.56. The topological polar surface area (TPSA) is 89.0 Å². The molecule has 2 heterocycles. The first-order valence-electron chi connectivity index (χ1n) is 5.45. The van der Waals surface area contributed by atoms with E-state index in [1.165, 1.54) is 36.8 Å². The molecule has 0 saturated carbocycles. The molecule has 2 aromatic rings. The number of carbonyl (C=O) groups is 1. The van der Waals surface area contributed by atoms with Crippen LogP contribution in [0.5, 0.6) is 0 Å². The summed E-state index contributed by atoms with van der Waals surface area (Å²) in [7, 11) is -3.36. The third kappa shape index (κ3) is 3.31. The molecule has 8 heteroatoms. The van der Waals surface area contributed by atoms with Crippen molar-refractivity contribution >= 4 is 33.0 Å². The molecule has 0 radical (unpaired) electrons. The highest BCUT2D eigenvalue weighted by molar-refractivity contribution is 7.90. The Morgan fingerprint density at radius 3 is 2.55 bits per heavy atom. The van der Waals surface area contributed by atoms with Gasteiger partial charge in [0.05, 0.1) is 22.5 Å². The summed E-state index contributed by atoms with van der Waals surface area (Å²) in [5, 5.41) is 2.74. The molecule has 2 aromatic heterocycles. The van der Waals surface area contributed by atoms with E-state index < -0.39 is 15.7 Å². The fraction of sp³-hybridized carbons (Fsp3) is 0.0833. The van der Waals surface area contributed by atoms with Crippen LogP contribution >= 0.6 is 11.6 Å². The molecule has 0 aliphatic heterocycles. The first-order chi connectivity index (χ1) is 9.38. The van der Waals surface area contributed by atoms with Gasteiger partial charge in [0.2, 0.25) is 0 Å². The van der Waals surface area contributed by atoms with Crippen LogP contribution in [0.2, 0.25) is 5.02 Å². The highest BCUT2D eigenvalue weighted by Crippen LogP contribution is 2.16. The Kier molecular flexibility index (Phi) is 4.01. The fourth-order valence-corrected chi connectivity index (χ4v) is 2.20. The van der Waals surface area contributed by atoms with Crippen LogP contribution in [0.4, 0.5) is 5.69 Å². The molecule has 2 rings (SSSR count). The first kappa shape index (κ1) is 14.4. The summed E-state index contributed by atoms with van der Waals surface area (Å²) in [5.74, 6) is -0.425. The van der Waals surface area contributed by atoms with Gasteiger partial charge in [0.25, 0.3) is 5.91 Å². The Balaban J connectivity index is 2.19. The maximum Gasteiger partial charge on any atom is 0.257 e. The highest BCUT2D eigenvalue weighted by Gasteiger charge is 2.12. The van der Waals surface area contributed by atoms with Gasteiger partial charge in [0.1, 0.15) is 0 Å². The van der Waals surface area contributed by atoms with Gasteiger partial charge in [-0.05, 0) is 18.2 Å². The number of sulfone groups is 1. The van der Waals surface area contributed by atoms with Gasteiger partial charge in [0, 0.05) is 18.6 Å². The number of hydrogen-bond acceptors (Lipinski definition) is 5. The maximum absolute atomic E-state index is 11.9. The lowest BCUT2D eigenvalue weighted by Crippen LogP contribution is -2.13. The van der Waals surface area contributed by atoms with E-state index in [0.717, 1.165) is 6.26 Å². The second-order valence-electron chi connectivity index (χ2n) is 3.97. The van der Waals surface area contributed by atoms with E-state index in [4.69, 9.17) is 11.6 Å². The number of nitrogens with one attached hydrogen (secondary N) is 1. The van der Waals surface area contributed by atoms with Crippen molar-refractivity contribution in [3.63, 3.8) is 0 Å². The summed E-state index contributed by atoms with van der Waals surface area (Å²) >= 11 is 5.85. The Bertz CT molecular complexity index is 745. The third-order valence-electron chi connectivity index (χ3n) is 2.39. The predicted octanol–water partition coefficient (Wildman–Crippen LogP) is 1.79. The van der Waals surface area contributed by atoms with Gasteiger partial charge in [0.15, 0.2) is 14.9 Å². The number of pyridine rings is 2. The Morgan fingerprint density at radius 2 is 2.00 bits per heavy atom. The van der Waals surface area contributed by atoms with Crippen molar-refractivity contribution in [2.75, 3.05) is 11.6 Å². The van der Waals surface area contributed by atoms with Gasteiger partial charge < -0.3 is 5.32 Å². The zero-order valence-corrected chi connectivity index (χ0v) is 11.9. The minimum atomic E-state index is -3.36. The number of anilines is 1. The van der Waals surface area contributed by atoms with Crippen molar-refractivity contribution < 1.29 is 13.2 Å². The molecular formula is C12H10ClN3O3S. The summed E-state index contributed by atoms with van der Waals surface area (Å²) < 4.78 is 22.5. The maximum atomic E-state index is 11.9. The number of carbonyl (C=O) groups excluding carboxylic acids is 1. The van der Waals surface area contributed by atoms with Gasteiger partial charge in [-0.3, -0.25) is 9.78 Å². The quantitative estimate of drug-likeness (QED) is 0.933. The molecule has 0 fully saturated rings. The van der Waals surface area contributed by atoms with Crippen molar-refractivity contribution in [2.24, 2.45) is 0 Å². The van der Waals surface area contributed by atoms with Crippen LogP contribution in [0, 0.1) is 0 Å². The standard InChI is InChI=1S/C12H10ClN3O3S/c1-20(18,19)11-3-2-8(6-15-11)16-12(17)9-4-5-14-7-10(9)13/h2-7H,1H3,(H,16,17). The molecule has 0 bridgehead atoms. The molecule has 0 saturated heterocycles. The molecule has 1 N–H and O–H groups in total.